The number of para-hydroxylation sites is 1. The van der Waals surface area contributed by atoms with Gasteiger partial charge in [-0.25, -0.2) is 0 Å². The van der Waals surface area contributed by atoms with Gasteiger partial charge in [0.25, 0.3) is 0 Å². The molecule has 1 atom stereocenters. The van der Waals surface area contributed by atoms with E-state index in [1.165, 1.54) is 32.1 Å². The molecule has 3 fully saturated rings. The van der Waals surface area contributed by atoms with Gasteiger partial charge in [0.05, 0.1) is 17.4 Å². The summed E-state index contributed by atoms with van der Waals surface area (Å²) < 4.78 is 0. The number of hydrogen-bond acceptors (Lipinski definition) is 6. The number of piperazine rings is 1. The fraction of sp³-hybridized carbons (Fsp3) is 0.545. The van der Waals surface area contributed by atoms with E-state index in [2.05, 4.69) is 31.4 Å². The lowest BCUT2D eigenvalue weighted by molar-refractivity contribution is -0.0593. The molecular weight excluding hydrogens is 350 g/mol. The number of fused-ring (bicyclic) bond motifs is 3. The maximum atomic E-state index is 10.2. The van der Waals surface area contributed by atoms with Crippen molar-refractivity contribution in [2.24, 2.45) is 5.41 Å². The Morgan fingerprint density at radius 3 is 2.71 bits per heavy atom. The minimum Gasteiger partial charge on any atom is -0.507 e. The van der Waals surface area contributed by atoms with E-state index in [0.29, 0.717) is 6.04 Å². The predicted octanol–water partition coefficient (Wildman–Crippen LogP) is 3.10. The van der Waals surface area contributed by atoms with Crippen LogP contribution in [0.1, 0.15) is 32.1 Å². The summed E-state index contributed by atoms with van der Waals surface area (Å²) in [6.07, 6.45) is 7.23. The lowest BCUT2D eigenvalue weighted by Gasteiger charge is -2.59. The summed E-state index contributed by atoms with van der Waals surface area (Å²) in [6, 6.07) is 10.7. The van der Waals surface area contributed by atoms with Crippen molar-refractivity contribution in [1.29, 1.82) is 0 Å². The Hall–Kier alpha value is -2.34. The molecule has 1 aromatic heterocycles. The van der Waals surface area contributed by atoms with Crippen molar-refractivity contribution < 1.29 is 5.11 Å². The molecule has 4 aliphatic rings. The monoisotopic (exact) mass is 377 g/mol. The third-order valence-corrected chi connectivity index (χ3v) is 7.55. The van der Waals surface area contributed by atoms with Crippen molar-refractivity contribution in [3.8, 4) is 17.0 Å². The van der Waals surface area contributed by atoms with Gasteiger partial charge in [0.15, 0.2) is 5.82 Å². The summed E-state index contributed by atoms with van der Waals surface area (Å²) in [6.45, 7) is 4.22. The second kappa shape index (κ2) is 6.08. The number of phenols is 1. The fourth-order valence-corrected chi connectivity index (χ4v) is 5.75. The van der Waals surface area contributed by atoms with Crippen LogP contribution in [0.3, 0.4) is 0 Å². The number of phenolic OH excluding ortho intramolecular Hbond substituents is 1. The molecule has 1 saturated heterocycles. The number of anilines is 2. The van der Waals surface area contributed by atoms with E-state index in [0.717, 1.165) is 60.4 Å². The summed E-state index contributed by atoms with van der Waals surface area (Å²) >= 11 is 0. The summed E-state index contributed by atoms with van der Waals surface area (Å²) in [7, 11) is 0. The Labute approximate surface area is 165 Å². The van der Waals surface area contributed by atoms with Gasteiger partial charge in [-0.1, -0.05) is 18.6 Å². The van der Waals surface area contributed by atoms with Crippen LogP contribution in [0, 0.1) is 5.41 Å². The average Bonchev–Trinajstić information content (AvgIpc) is 2.65. The van der Waals surface area contributed by atoms with Gasteiger partial charge >= 0.3 is 0 Å². The van der Waals surface area contributed by atoms with E-state index in [1.54, 1.807) is 6.07 Å². The molecule has 6 rings (SSSR count). The van der Waals surface area contributed by atoms with Crippen LogP contribution < -0.4 is 10.2 Å². The molecule has 0 radical (unpaired) electrons. The first-order valence-corrected chi connectivity index (χ1v) is 10.6. The second-order valence-corrected chi connectivity index (χ2v) is 9.12. The second-order valence-electron chi connectivity index (χ2n) is 9.12. The van der Waals surface area contributed by atoms with Crippen molar-refractivity contribution in [1.82, 2.24) is 15.1 Å². The van der Waals surface area contributed by atoms with E-state index >= 15 is 0 Å². The Balaban J connectivity index is 1.22. The SMILES string of the molecule is Oc1ccccc1-c1cc2c(nn1)NC[C@H]1CN(C3CC4(CCC4)C3)CCN21. The van der Waals surface area contributed by atoms with Crippen molar-refractivity contribution >= 4 is 11.5 Å². The first kappa shape index (κ1) is 16.6. The molecule has 0 bridgehead atoms. The van der Waals surface area contributed by atoms with E-state index in [1.807, 2.05) is 18.2 Å². The third kappa shape index (κ3) is 2.50. The molecule has 2 aliphatic heterocycles. The molecule has 6 nitrogen and oxygen atoms in total. The zero-order chi connectivity index (χ0) is 18.7. The predicted molar refractivity (Wildman–Crippen MR) is 110 cm³/mol. The van der Waals surface area contributed by atoms with Gasteiger partial charge in [0, 0.05) is 37.8 Å². The van der Waals surface area contributed by atoms with Crippen LogP contribution in [-0.4, -0.2) is 58.5 Å². The van der Waals surface area contributed by atoms with Gasteiger partial charge in [0.2, 0.25) is 0 Å². The van der Waals surface area contributed by atoms with E-state index in [9.17, 15) is 5.11 Å². The Bertz CT molecular complexity index is 904. The first-order chi connectivity index (χ1) is 13.7. The normalized spacial score (nSPS) is 26.0. The highest BCUT2D eigenvalue weighted by atomic mass is 16.3. The number of benzene rings is 1. The highest BCUT2D eigenvalue weighted by Gasteiger charge is 2.50. The van der Waals surface area contributed by atoms with Crippen molar-refractivity contribution in [3.63, 3.8) is 0 Å². The maximum Gasteiger partial charge on any atom is 0.172 e. The summed E-state index contributed by atoms with van der Waals surface area (Å²) in [4.78, 5) is 5.23. The van der Waals surface area contributed by atoms with Crippen LogP contribution >= 0.6 is 0 Å². The number of hydrogen-bond donors (Lipinski definition) is 2. The molecule has 1 aromatic carbocycles. The van der Waals surface area contributed by atoms with Gasteiger partial charge < -0.3 is 15.3 Å². The molecule has 6 heteroatoms. The van der Waals surface area contributed by atoms with Crippen LogP contribution in [-0.2, 0) is 0 Å². The van der Waals surface area contributed by atoms with Crippen LogP contribution in [0.25, 0.3) is 11.3 Å². The molecule has 1 spiro atoms. The lowest BCUT2D eigenvalue weighted by atomic mass is 9.53. The minimum absolute atomic E-state index is 0.247. The molecule has 2 saturated carbocycles. The number of aromatic nitrogens is 2. The Kier molecular flexibility index (Phi) is 3.60. The molecule has 2 N–H and O–H groups in total. The number of nitrogens with one attached hydrogen (secondary N) is 1. The zero-order valence-corrected chi connectivity index (χ0v) is 16.1. The van der Waals surface area contributed by atoms with E-state index < -0.39 is 0 Å². The smallest absolute Gasteiger partial charge is 0.172 e. The van der Waals surface area contributed by atoms with Crippen molar-refractivity contribution in [3.05, 3.63) is 30.3 Å². The maximum absolute atomic E-state index is 10.2. The standard InChI is InChI=1S/C22H27N5O/c28-20-5-2-1-4-17(20)18-10-19-21(25-24-18)23-13-16-14-26(8-9-27(16)19)15-11-22(12-15)6-3-7-22/h1-2,4-5,10,15-16,28H,3,6-9,11-14H2,(H,23,25)/t16-/m0/s1. The molecule has 3 heterocycles. The van der Waals surface area contributed by atoms with Crippen molar-refractivity contribution in [2.45, 2.75) is 44.2 Å². The topological polar surface area (TPSA) is 64.5 Å². The quantitative estimate of drug-likeness (QED) is 0.839. The lowest BCUT2D eigenvalue weighted by Crippen LogP contribution is -2.63. The van der Waals surface area contributed by atoms with Crippen LogP contribution in [0.4, 0.5) is 11.5 Å². The van der Waals surface area contributed by atoms with E-state index in [4.69, 9.17) is 0 Å². The summed E-state index contributed by atoms with van der Waals surface area (Å²) in [5.41, 5.74) is 3.32. The van der Waals surface area contributed by atoms with Gasteiger partial charge in [-0.15, -0.1) is 10.2 Å². The number of nitrogens with zero attached hydrogens (tertiary/aromatic N) is 4. The molecule has 146 valence electrons. The molecule has 0 amide bonds. The molecule has 2 aromatic rings. The summed E-state index contributed by atoms with van der Waals surface area (Å²) in [5, 5.41) is 22.4. The minimum atomic E-state index is 0.247. The third-order valence-electron chi connectivity index (χ3n) is 7.55. The number of aromatic hydroxyl groups is 1. The molecular formula is C22H27N5O. The largest absolute Gasteiger partial charge is 0.507 e. The fourth-order valence-electron chi connectivity index (χ4n) is 5.75. The van der Waals surface area contributed by atoms with Gasteiger partial charge in [-0.2, -0.15) is 0 Å². The van der Waals surface area contributed by atoms with E-state index in [-0.39, 0.29) is 5.75 Å². The molecule has 28 heavy (non-hydrogen) atoms. The van der Waals surface area contributed by atoms with Crippen LogP contribution in [0.2, 0.25) is 0 Å². The highest BCUT2D eigenvalue weighted by Crippen LogP contribution is 2.57. The van der Waals surface area contributed by atoms with Crippen molar-refractivity contribution in [2.75, 3.05) is 36.4 Å². The average molecular weight is 377 g/mol. The van der Waals surface area contributed by atoms with Gasteiger partial charge in [-0.05, 0) is 49.3 Å². The molecule has 2 aliphatic carbocycles. The van der Waals surface area contributed by atoms with Crippen LogP contribution in [0.15, 0.2) is 30.3 Å². The first-order valence-electron chi connectivity index (χ1n) is 10.6. The summed E-state index contributed by atoms with van der Waals surface area (Å²) in [5.74, 6) is 1.11. The highest BCUT2D eigenvalue weighted by molar-refractivity contribution is 5.76. The van der Waals surface area contributed by atoms with Crippen LogP contribution in [0.5, 0.6) is 5.75 Å². The van der Waals surface area contributed by atoms with Gasteiger partial charge in [-0.3, -0.25) is 4.90 Å². The Morgan fingerprint density at radius 1 is 1.07 bits per heavy atom. The number of rotatable bonds is 2. The van der Waals surface area contributed by atoms with Gasteiger partial charge in [0.1, 0.15) is 5.75 Å². The zero-order valence-electron chi connectivity index (χ0n) is 16.1. The Morgan fingerprint density at radius 2 is 1.93 bits per heavy atom. The molecule has 0 unspecified atom stereocenters.